The molecule has 2 heterocycles. The zero-order valence-corrected chi connectivity index (χ0v) is 15.0. The van der Waals surface area contributed by atoms with Crippen molar-refractivity contribution in [2.75, 3.05) is 6.54 Å². The number of rotatable bonds is 5. The fourth-order valence-corrected chi connectivity index (χ4v) is 2.83. The molecule has 2 aromatic heterocycles. The second-order valence-corrected chi connectivity index (χ2v) is 6.34. The molecule has 0 aliphatic heterocycles. The molecule has 0 atom stereocenters. The third-order valence-corrected chi connectivity index (χ3v) is 4.39. The number of aryl methyl sites for hydroxylation is 2. The van der Waals surface area contributed by atoms with Crippen LogP contribution in [0.5, 0.6) is 0 Å². The number of carbonyl (C=O) groups is 1. The summed E-state index contributed by atoms with van der Waals surface area (Å²) in [6, 6.07) is 8.15. The maximum atomic E-state index is 12.3. The summed E-state index contributed by atoms with van der Waals surface area (Å²) in [7, 11) is 2.95. The first-order valence-electron chi connectivity index (χ1n) is 8.31. The van der Waals surface area contributed by atoms with Gasteiger partial charge in [-0.3, -0.25) is 18.7 Å². The van der Waals surface area contributed by atoms with E-state index in [1.54, 1.807) is 7.05 Å². The van der Waals surface area contributed by atoms with Gasteiger partial charge in [0.1, 0.15) is 6.54 Å². The number of benzene rings is 1. The summed E-state index contributed by atoms with van der Waals surface area (Å²) in [5, 5.41) is 2.84. The first-order valence-corrected chi connectivity index (χ1v) is 8.31. The minimum absolute atomic E-state index is 0.0299. The number of aromatic nitrogens is 4. The van der Waals surface area contributed by atoms with Crippen LogP contribution in [0.25, 0.3) is 11.2 Å². The Labute approximate surface area is 149 Å². The largest absolute Gasteiger partial charge is 0.354 e. The fraction of sp³-hybridized carbons (Fsp3) is 0.333. The van der Waals surface area contributed by atoms with Crippen molar-refractivity contribution in [3.05, 3.63) is 62.6 Å². The molecule has 3 aromatic rings. The van der Waals surface area contributed by atoms with Crippen molar-refractivity contribution in [3.8, 4) is 0 Å². The van der Waals surface area contributed by atoms with Crippen LogP contribution in [-0.2, 0) is 31.9 Å². The van der Waals surface area contributed by atoms with Gasteiger partial charge in [0.05, 0.1) is 6.33 Å². The Kier molecular flexibility index (Phi) is 4.75. The molecule has 8 heteroatoms. The van der Waals surface area contributed by atoms with Crippen LogP contribution in [0.1, 0.15) is 11.1 Å². The van der Waals surface area contributed by atoms with Crippen LogP contribution in [0.15, 0.2) is 40.2 Å². The Morgan fingerprint density at radius 2 is 1.81 bits per heavy atom. The van der Waals surface area contributed by atoms with Gasteiger partial charge in [0.25, 0.3) is 5.56 Å². The SMILES string of the molecule is Cc1ccc(CCNC(=O)Cn2cnc3c2c(=O)n(C)c(=O)n3C)cc1. The van der Waals surface area contributed by atoms with Crippen LogP contribution in [0, 0.1) is 6.92 Å². The minimum atomic E-state index is -0.465. The molecule has 3 rings (SSSR count). The first-order chi connectivity index (χ1) is 12.4. The molecule has 0 spiro atoms. The molecular weight excluding hydrogens is 334 g/mol. The quantitative estimate of drug-likeness (QED) is 0.703. The highest BCUT2D eigenvalue weighted by Gasteiger charge is 2.15. The molecule has 0 saturated heterocycles. The molecule has 0 unspecified atom stereocenters. The van der Waals surface area contributed by atoms with Crippen LogP contribution >= 0.6 is 0 Å². The Bertz CT molecular complexity index is 1070. The first kappa shape index (κ1) is 17.7. The van der Waals surface area contributed by atoms with Gasteiger partial charge in [0.2, 0.25) is 5.91 Å². The molecular formula is C18H21N5O3. The molecule has 0 aliphatic rings. The molecule has 136 valence electrons. The van der Waals surface area contributed by atoms with E-state index in [1.165, 1.54) is 28.1 Å². The lowest BCUT2D eigenvalue weighted by atomic mass is 10.1. The average Bonchev–Trinajstić information content (AvgIpc) is 3.03. The fourth-order valence-electron chi connectivity index (χ4n) is 2.83. The highest BCUT2D eigenvalue weighted by molar-refractivity contribution is 5.78. The predicted molar refractivity (Wildman–Crippen MR) is 98.1 cm³/mol. The zero-order chi connectivity index (χ0) is 18.8. The van der Waals surface area contributed by atoms with Crippen LogP contribution in [0.3, 0.4) is 0 Å². The summed E-state index contributed by atoms with van der Waals surface area (Å²) in [5.74, 6) is -0.215. The third kappa shape index (κ3) is 3.30. The summed E-state index contributed by atoms with van der Waals surface area (Å²) < 4.78 is 3.77. The van der Waals surface area contributed by atoms with E-state index in [2.05, 4.69) is 10.3 Å². The molecule has 1 amide bonds. The Balaban J connectivity index is 1.71. The maximum Gasteiger partial charge on any atom is 0.332 e. The molecule has 1 N–H and O–H groups in total. The number of carbonyl (C=O) groups excluding carboxylic acids is 1. The third-order valence-electron chi connectivity index (χ3n) is 4.39. The number of nitrogens with one attached hydrogen (secondary N) is 1. The smallest absolute Gasteiger partial charge is 0.332 e. The lowest BCUT2D eigenvalue weighted by molar-refractivity contribution is -0.121. The Hall–Kier alpha value is -3.16. The lowest BCUT2D eigenvalue weighted by Crippen LogP contribution is -2.38. The van der Waals surface area contributed by atoms with E-state index in [1.807, 2.05) is 31.2 Å². The number of hydrogen-bond acceptors (Lipinski definition) is 4. The molecule has 0 saturated carbocycles. The van der Waals surface area contributed by atoms with E-state index >= 15 is 0 Å². The normalized spacial score (nSPS) is 11.0. The van der Waals surface area contributed by atoms with Crippen molar-refractivity contribution in [2.45, 2.75) is 19.9 Å². The number of nitrogens with zero attached hydrogens (tertiary/aromatic N) is 4. The highest BCUT2D eigenvalue weighted by atomic mass is 16.2. The summed E-state index contributed by atoms with van der Waals surface area (Å²) >= 11 is 0. The van der Waals surface area contributed by atoms with Crippen LogP contribution in [0.4, 0.5) is 0 Å². The van der Waals surface area contributed by atoms with Crippen molar-refractivity contribution >= 4 is 17.1 Å². The van der Waals surface area contributed by atoms with Crippen molar-refractivity contribution in [1.29, 1.82) is 0 Å². The van der Waals surface area contributed by atoms with Gasteiger partial charge >= 0.3 is 5.69 Å². The van der Waals surface area contributed by atoms with Gasteiger partial charge in [-0.25, -0.2) is 9.78 Å². The second-order valence-electron chi connectivity index (χ2n) is 6.34. The van der Waals surface area contributed by atoms with Crippen LogP contribution < -0.4 is 16.6 Å². The van der Waals surface area contributed by atoms with E-state index in [9.17, 15) is 14.4 Å². The molecule has 0 fully saturated rings. The van der Waals surface area contributed by atoms with E-state index in [4.69, 9.17) is 0 Å². The summed E-state index contributed by atoms with van der Waals surface area (Å²) in [5.41, 5.74) is 1.94. The van der Waals surface area contributed by atoms with Crippen LogP contribution in [0.2, 0.25) is 0 Å². The summed E-state index contributed by atoms with van der Waals surface area (Å²) in [6.45, 7) is 2.50. The van der Waals surface area contributed by atoms with E-state index in [-0.39, 0.29) is 23.6 Å². The number of fused-ring (bicyclic) bond motifs is 1. The Morgan fingerprint density at radius 3 is 2.50 bits per heavy atom. The maximum absolute atomic E-state index is 12.3. The van der Waals surface area contributed by atoms with Gasteiger partial charge in [0.15, 0.2) is 11.2 Å². The van der Waals surface area contributed by atoms with Gasteiger partial charge < -0.3 is 9.88 Å². The van der Waals surface area contributed by atoms with Crippen molar-refractivity contribution in [1.82, 2.24) is 24.0 Å². The molecule has 1 aromatic carbocycles. The molecule has 0 bridgehead atoms. The number of amides is 1. The highest BCUT2D eigenvalue weighted by Crippen LogP contribution is 2.05. The number of imidazole rings is 1. The van der Waals surface area contributed by atoms with E-state index in [0.717, 1.165) is 16.6 Å². The van der Waals surface area contributed by atoms with Gasteiger partial charge in [-0.15, -0.1) is 0 Å². The lowest BCUT2D eigenvalue weighted by Gasteiger charge is -2.08. The van der Waals surface area contributed by atoms with Crippen molar-refractivity contribution in [2.24, 2.45) is 14.1 Å². The van der Waals surface area contributed by atoms with Crippen molar-refractivity contribution in [3.63, 3.8) is 0 Å². The van der Waals surface area contributed by atoms with Gasteiger partial charge in [-0.05, 0) is 18.9 Å². The van der Waals surface area contributed by atoms with Gasteiger partial charge in [0, 0.05) is 20.6 Å². The van der Waals surface area contributed by atoms with Crippen molar-refractivity contribution < 1.29 is 4.79 Å². The predicted octanol–water partition coefficient (Wildman–Crippen LogP) is 0.101. The number of hydrogen-bond donors (Lipinski definition) is 1. The molecule has 8 nitrogen and oxygen atoms in total. The van der Waals surface area contributed by atoms with Gasteiger partial charge in [-0.2, -0.15) is 0 Å². The molecule has 0 radical (unpaired) electrons. The van der Waals surface area contributed by atoms with E-state index in [0.29, 0.717) is 6.54 Å². The van der Waals surface area contributed by atoms with Gasteiger partial charge in [-0.1, -0.05) is 29.8 Å². The van der Waals surface area contributed by atoms with E-state index < -0.39 is 11.2 Å². The minimum Gasteiger partial charge on any atom is -0.354 e. The van der Waals surface area contributed by atoms with Crippen LogP contribution in [-0.4, -0.2) is 31.1 Å². The second kappa shape index (κ2) is 6.99. The molecule has 26 heavy (non-hydrogen) atoms. The summed E-state index contributed by atoms with van der Waals surface area (Å²) in [4.78, 5) is 40.6. The standard InChI is InChI=1S/C18H21N5O3/c1-12-4-6-13(7-5-12)8-9-19-14(24)10-23-11-20-16-15(23)17(25)22(3)18(26)21(16)2/h4-7,11H,8-10H2,1-3H3,(H,19,24). The zero-order valence-electron chi connectivity index (χ0n) is 15.0. The summed E-state index contributed by atoms with van der Waals surface area (Å²) in [6.07, 6.45) is 2.14. The Morgan fingerprint density at radius 1 is 1.12 bits per heavy atom. The topological polar surface area (TPSA) is 90.9 Å². The monoisotopic (exact) mass is 355 g/mol. The molecule has 0 aliphatic carbocycles. The average molecular weight is 355 g/mol.